The molecule has 27 heavy (non-hydrogen) atoms. The quantitative estimate of drug-likeness (QED) is 0.799. The number of anilines is 1. The Morgan fingerprint density at radius 3 is 2.41 bits per heavy atom. The molecule has 0 radical (unpaired) electrons. The van der Waals surface area contributed by atoms with E-state index in [-0.39, 0.29) is 15.7 Å². The summed E-state index contributed by atoms with van der Waals surface area (Å²) in [6, 6.07) is 11.5. The van der Waals surface area contributed by atoms with Gasteiger partial charge in [0.15, 0.2) is 0 Å². The van der Waals surface area contributed by atoms with E-state index in [1.807, 2.05) is 44.2 Å². The average Bonchev–Trinajstić information content (AvgIpc) is 3.18. The lowest BCUT2D eigenvalue weighted by molar-refractivity contribution is 0.0950. The molecule has 0 unspecified atom stereocenters. The van der Waals surface area contributed by atoms with Crippen molar-refractivity contribution < 1.29 is 13.2 Å². The summed E-state index contributed by atoms with van der Waals surface area (Å²) in [7, 11) is -3.68. The van der Waals surface area contributed by atoms with Crippen LogP contribution in [0.25, 0.3) is 0 Å². The number of hydrogen-bond donors (Lipinski definition) is 1. The fourth-order valence-corrected chi connectivity index (χ4v) is 5.75. The third-order valence-corrected chi connectivity index (χ3v) is 7.47. The SMILES string of the molecule is CC(C)CNC(=O)c1sccc1S(=O)(=O)N1CCN(c2ccccc2)CC1. The van der Waals surface area contributed by atoms with Crippen LogP contribution in [-0.4, -0.2) is 51.4 Å². The molecule has 8 heteroatoms. The van der Waals surface area contributed by atoms with Crippen molar-refractivity contribution in [2.75, 3.05) is 37.6 Å². The topological polar surface area (TPSA) is 69.7 Å². The number of benzene rings is 1. The summed E-state index contributed by atoms with van der Waals surface area (Å²) in [6.45, 7) is 6.58. The molecule has 1 aromatic carbocycles. The molecular formula is C19H25N3O3S2. The molecule has 2 aromatic rings. The van der Waals surface area contributed by atoms with E-state index in [2.05, 4.69) is 10.2 Å². The van der Waals surface area contributed by atoms with Gasteiger partial charge in [0.25, 0.3) is 5.91 Å². The second-order valence-electron chi connectivity index (χ2n) is 6.94. The molecular weight excluding hydrogens is 382 g/mol. The molecule has 1 saturated heterocycles. The predicted octanol–water partition coefficient (Wildman–Crippen LogP) is 2.64. The first-order chi connectivity index (χ1) is 12.9. The monoisotopic (exact) mass is 407 g/mol. The lowest BCUT2D eigenvalue weighted by Gasteiger charge is -2.35. The number of nitrogens with zero attached hydrogens (tertiary/aromatic N) is 2. The molecule has 0 saturated carbocycles. The normalized spacial score (nSPS) is 15.9. The Bertz CT molecular complexity index is 871. The van der Waals surface area contributed by atoms with Crippen LogP contribution in [0.4, 0.5) is 5.69 Å². The molecule has 146 valence electrons. The van der Waals surface area contributed by atoms with Crippen LogP contribution in [0, 0.1) is 5.92 Å². The second kappa shape index (κ2) is 8.41. The first-order valence-electron chi connectivity index (χ1n) is 9.05. The van der Waals surface area contributed by atoms with Crippen molar-refractivity contribution in [3.8, 4) is 0 Å². The smallest absolute Gasteiger partial charge is 0.262 e. The molecule has 1 N–H and O–H groups in total. The van der Waals surface area contributed by atoms with Gasteiger partial charge in [0, 0.05) is 38.4 Å². The van der Waals surface area contributed by atoms with Crippen LogP contribution in [0.5, 0.6) is 0 Å². The maximum Gasteiger partial charge on any atom is 0.262 e. The Morgan fingerprint density at radius 1 is 1.11 bits per heavy atom. The van der Waals surface area contributed by atoms with Gasteiger partial charge in [0.05, 0.1) is 0 Å². The number of hydrogen-bond acceptors (Lipinski definition) is 5. The van der Waals surface area contributed by atoms with Crippen molar-refractivity contribution in [2.24, 2.45) is 5.92 Å². The van der Waals surface area contributed by atoms with Gasteiger partial charge in [-0.3, -0.25) is 4.79 Å². The van der Waals surface area contributed by atoms with Gasteiger partial charge < -0.3 is 10.2 Å². The molecule has 1 aromatic heterocycles. The van der Waals surface area contributed by atoms with Gasteiger partial charge in [-0.1, -0.05) is 32.0 Å². The van der Waals surface area contributed by atoms with Gasteiger partial charge in [-0.25, -0.2) is 8.42 Å². The van der Waals surface area contributed by atoms with E-state index in [0.29, 0.717) is 38.6 Å². The first-order valence-corrected chi connectivity index (χ1v) is 11.4. The number of para-hydroxylation sites is 1. The van der Waals surface area contributed by atoms with E-state index in [4.69, 9.17) is 0 Å². The third kappa shape index (κ3) is 4.51. The zero-order chi connectivity index (χ0) is 19.4. The standard InChI is InChI=1S/C19H25N3O3S2/c1-15(2)14-20-19(23)18-17(8-13-26-18)27(24,25)22-11-9-21(10-12-22)16-6-4-3-5-7-16/h3-8,13,15H,9-12,14H2,1-2H3,(H,20,23). The lowest BCUT2D eigenvalue weighted by Crippen LogP contribution is -2.48. The molecule has 1 aliphatic heterocycles. The number of nitrogens with one attached hydrogen (secondary N) is 1. The Morgan fingerprint density at radius 2 is 1.78 bits per heavy atom. The molecule has 2 heterocycles. The molecule has 0 bridgehead atoms. The number of rotatable bonds is 6. The minimum absolute atomic E-state index is 0.113. The van der Waals surface area contributed by atoms with Crippen molar-refractivity contribution in [1.29, 1.82) is 0 Å². The molecule has 0 aliphatic carbocycles. The van der Waals surface area contributed by atoms with Crippen molar-refractivity contribution in [3.63, 3.8) is 0 Å². The average molecular weight is 408 g/mol. The maximum atomic E-state index is 13.1. The second-order valence-corrected chi connectivity index (χ2v) is 9.77. The van der Waals surface area contributed by atoms with Crippen molar-refractivity contribution in [1.82, 2.24) is 9.62 Å². The van der Waals surface area contributed by atoms with Crippen molar-refractivity contribution >= 4 is 33.0 Å². The Hall–Kier alpha value is -1.90. The van der Waals surface area contributed by atoms with E-state index in [9.17, 15) is 13.2 Å². The van der Waals surface area contributed by atoms with Crippen LogP contribution in [0.2, 0.25) is 0 Å². The highest BCUT2D eigenvalue weighted by atomic mass is 32.2. The minimum Gasteiger partial charge on any atom is -0.369 e. The number of carbonyl (C=O) groups is 1. The van der Waals surface area contributed by atoms with E-state index < -0.39 is 10.0 Å². The van der Waals surface area contributed by atoms with Crippen molar-refractivity contribution in [2.45, 2.75) is 18.7 Å². The van der Waals surface area contributed by atoms with Gasteiger partial charge in [0.2, 0.25) is 10.0 Å². The molecule has 1 amide bonds. The summed E-state index contributed by atoms with van der Waals surface area (Å²) < 4.78 is 27.7. The minimum atomic E-state index is -3.68. The van der Waals surface area contributed by atoms with Gasteiger partial charge in [-0.2, -0.15) is 4.31 Å². The van der Waals surface area contributed by atoms with Crippen LogP contribution in [0.3, 0.4) is 0 Å². The molecule has 0 spiro atoms. The highest BCUT2D eigenvalue weighted by molar-refractivity contribution is 7.89. The molecule has 6 nitrogen and oxygen atoms in total. The Labute approximate surface area is 164 Å². The summed E-state index contributed by atoms with van der Waals surface area (Å²) in [5.74, 6) is -0.0137. The summed E-state index contributed by atoms with van der Waals surface area (Å²) in [5, 5.41) is 4.47. The number of piperazine rings is 1. The summed E-state index contributed by atoms with van der Waals surface area (Å²) in [5.41, 5.74) is 1.10. The number of thiophene rings is 1. The number of carbonyl (C=O) groups excluding carboxylic acids is 1. The molecule has 1 fully saturated rings. The van der Waals surface area contributed by atoms with E-state index >= 15 is 0 Å². The van der Waals surface area contributed by atoms with Gasteiger partial charge in [-0.15, -0.1) is 11.3 Å². The highest BCUT2D eigenvalue weighted by Gasteiger charge is 2.32. The number of sulfonamides is 1. The van der Waals surface area contributed by atoms with Crippen LogP contribution in [0.15, 0.2) is 46.7 Å². The molecule has 3 rings (SSSR count). The highest BCUT2D eigenvalue weighted by Crippen LogP contribution is 2.27. The largest absolute Gasteiger partial charge is 0.369 e. The maximum absolute atomic E-state index is 13.1. The number of amides is 1. The van der Waals surface area contributed by atoms with E-state index in [0.717, 1.165) is 5.69 Å². The zero-order valence-electron chi connectivity index (χ0n) is 15.6. The summed E-state index contributed by atoms with van der Waals surface area (Å²) in [6.07, 6.45) is 0. The molecule has 0 atom stereocenters. The van der Waals surface area contributed by atoms with Crippen LogP contribution < -0.4 is 10.2 Å². The van der Waals surface area contributed by atoms with Crippen LogP contribution >= 0.6 is 11.3 Å². The van der Waals surface area contributed by atoms with Crippen LogP contribution in [0.1, 0.15) is 23.5 Å². The third-order valence-electron chi connectivity index (χ3n) is 4.48. The fourth-order valence-electron chi connectivity index (χ4n) is 3.01. The molecule has 1 aliphatic rings. The van der Waals surface area contributed by atoms with E-state index in [1.165, 1.54) is 21.7 Å². The fraction of sp³-hybridized carbons (Fsp3) is 0.421. The summed E-state index contributed by atoms with van der Waals surface area (Å²) >= 11 is 1.17. The summed E-state index contributed by atoms with van der Waals surface area (Å²) in [4.78, 5) is 15.0. The lowest BCUT2D eigenvalue weighted by atomic mass is 10.2. The Kier molecular flexibility index (Phi) is 6.18. The van der Waals surface area contributed by atoms with Gasteiger partial charge in [-0.05, 0) is 29.5 Å². The zero-order valence-corrected chi connectivity index (χ0v) is 17.2. The first kappa shape index (κ1) is 19.9. The van der Waals surface area contributed by atoms with Crippen molar-refractivity contribution in [3.05, 3.63) is 46.7 Å². The van der Waals surface area contributed by atoms with E-state index in [1.54, 1.807) is 5.38 Å². The van der Waals surface area contributed by atoms with Gasteiger partial charge in [0.1, 0.15) is 9.77 Å². The van der Waals surface area contributed by atoms with Gasteiger partial charge >= 0.3 is 0 Å². The Balaban J connectivity index is 1.71. The van der Waals surface area contributed by atoms with Crippen LogP contribution in [-0.2, 0) is 10.0 Å². The predicted molar refractivity (Wildman–Crippen MR) is 109 cm³/mol.